The third-order valence-electron chi connectivity index (χ3n) is 3.20. The zero-order valence-electron chi connectivity index (χ0n) is 13.5. The topological polar surface area (TPSA) is 66.4 Å². The summed E-state index contributed by atoms with van der Waals surface area (Å²) < 4.78 is 76.7. The molecule has 2 N–H and O–H groups in total. The highest BCUT2D eigenvalue weighted by molar-refractivity contribution is 5.85. The number of halogens is 6. The molecule has 1 aromatic rings. The molecule has 1 amide bonds. The van der Waals surface area contributed by atoms with Crippen molar-refractivity contribution in [3.63, 3.8) is 0 Å². The van der Waals surface area contributed by atoms with Gasteiger partial charge in [-0.2, -0.15) is 26.3 Å². The summed E-state index contributed by atoms with van der Waals surface area (Å²) >= 11 is 0. The highest BCUT2D eigenvalue weighted by atomic mass is 19.4. The average Bonchev–Trinajstić information content (AvgIpc) is 2.43. The van der Waals surface area contributed by atoms with Gasteiger partial charge in [-0.3, -0.25) is 4.79 Å². The van der Waals surface area contributed by atoms with Crippen molar-refractivity contribution >= 4 is 11.9 Å². The number of carboxylic acids is 1. The Morgan fingerprint density at radius 2 is 1.54 bits per heavy atom. The lowest BCUT2D eigenvalue weighted by molar-refractivity contribution is -0.143. The van der Waals surface area contributed by atoms with E-state index in [9.17, 15) is 35.9 Å². The van der Waals surface area contributed by atoms with E-state index in [2.05, 4.69) is 11.9 Å². The fraction of sp³-hybridized carbons (Fsp3) is 0.375. The van der Waals surface area contributed by atoms with E-state index in [0.29, 0.717) is 17.7 Å². The fourth-order valence-electron chi connectivity index (χ4n) is 2.10. The summed E-state index contributed by atoms with van der Waals surface area (Å²) in [6.45, 7) is 4.99. The minimum absolute atomic E-state index is 0.0530. The van der Waals surface area contributed by atoms with Gasteiger partial charge in [0.15, 0.2) is 0 Å². The van der Waals surface area contributed by atoms with Crippen LogP contribution in [0.15, 0.2) is 30.4 Å². The summed E-state index contributed by atoms with van der Waals surface area (Å²) in [7, 11) is 0. The lowest BCUT2D eigenvalue weighted by Gasteiger charge is -2.16. The Labute approximate surface area is 144 Å². The third-order valence-corrected chi connectivity index (χ3v) is 3.20. The number of carbonyl (C=O) groups is 2. The van der Waals surface area contributed by atoms with E-state index < -0.39 is 53.4 Å². The zero-order valence-corrected chi connectivity index (χ0v) is 13.5. The van der Waals surface area contributed by atoms with Gasteiger partial charge in [-0.15, -0.1) is 6.58 Å². The Morgan fingerprint density at radius 3 is 1.88 bits per heavy atom. The Hall–Kier alpha value is -2.52. The maximum atomic E-state index is 12.8. The molecule has 0 heterocycles. The second kappa shape index (κ2) is 7.79. The molecule has 0 saturated heterocycles. The smallest absolute Gasteiger partial charge is 0.416 e. The van der Waals surface area contributed by atoms with Crippen LogP contribution in [0.2, 0.25) is 0 Å². The third kappa shape index (κ3) is 6.41. The van der Waals surface area contributed by atoms with Crippen LogP contribution >= 0.6 is 0 Å². The molecule has 0 aromatic heterocycles. The van der Waals surface area contributed by atoms with E-state index in [4.69, 9.17) is 5.11 Å². The molecule has 0 unspecified atom stereocenters. The van der Waals surface area contributed by atoms with Crippen molar-refractivity contribution in [2.45, 2.75) is 38.2 Å². The van der Waals surface area contributed by atoms with Crippen LogP contribution in [-0.2, 0) is 28.4 Å². The first kappa shape index (κ1) is 21.5. The van der Waals surface area contributed by atoms with Crippen LogP contribution in [0.4, 0.5) is 26.3 Å². The van der Waals surface area contributed by atoms with Crippen molar-refractivity contribution in [1.82, 2.24) is 5.32 Å². The Balaban J connectivity index is 3.09. The van der Waals surface area contributed by atoms with Gasteiger partial charge in [0, 0.05) is 0 Å². The van der Waals surface area contributed by atoms with Crippen LogP contribution in [0, 0.1) is 0 Å². The summed E-state index contributed by atoms with van der Waals surface area (Å²) in [6, 6.07) is -0.595. The summed E-state index contributed by atoms with van der Waals surface area (Å²) in [6.07, 6.45) is -11.0. The maximum Gasteiger partial charge on any atom is 0.416 e. The van der Waals surface area contributed by atoms with Gasteiger partial charge in [0.25, 0.3) is 0 Å². The van der Waals surface area contributed by atoms with Crippen molar-refractivity contribution < 1.29 is 41.0 Å². The molecule has 0 radical (unpaired) electrons. The molecule has 0 aliphatic heterocycles. The number of hydrogen-bond acceptors (Lipinski definition) is 2. The van der Waals surface area contributed by atoms with Crippen LogP contribution < -0.4 is 5.32 Å². The Morgan fingerprint density at radius 1 is 1.08 bits per heavy atom. The monoisotopic (exact) mass is 383 g/mol. The first-order valence-corrected chi connectivity index (χ1v) is 7.15. The largest absolute Gasteiger partial charge is 0.480 e. The molecule has 1 rings (SSSR count). The normalized spacial score (nSPS) is 13.2. The molecule has 4 nitrogen and oxygen atoms in total. The van der Waals surface area contributed by atoms with E-state index >= 15 is 0 Å². The van der Waals surface area contributed by atoms with E-state index in [1.807, 2.05) is 0 Å². The summed E-state index contributed by atoms with van der Waals surface area (Å²) in [5.74, 6) is -2.42. The Bertz CT molecular complexity index is 677. The lowest BCUT2D eigenvalue weighted by atomic mass is 10.0. The molecule has 10 heteroatoms. The van der Waals surface area contributed by atoms with E-state index in [0.717, 1.165) is 0 Å². The number of alkyl halides is 6. The molecule has 1 atom stereocenters. The molecule has 0 fully saturated rings. The van der Waals surface area contributed by atoms with Crippen molar-refractivity contribution in [2.24, 2.45) is 0 Å². The number of carbonyl (C=O) groups excluding carboxylic acids is 1. The average molecular weight is 383 g/mol. The van der Waals surface area contributed by atoms with E-state index in [-0.39, 0.29) is 12.5 Å². The molecule has 0 aliphatic rings. The molecule has 26 heavy (non-hydrogen) atoms. The van der Waals surface area contributed by atoms with Gasteiger partial charge in [-0.05, 0) is 37.1 Å². The van der Waals surface area contributed by atoms with Crippen LogP contribution in [0.5, 0.6) is 0 Å². The molecule has 0 spiro atoms. The van der Waals surface area contributed by atoms with E-state index in [1.165, 1.54) is 6.92 Å². The molecule has 144 valence electrons. The Kier molecular flexibility index (Phi) is 6.45. The number of hydrogen-bond donors (Lipinski definition) is 2. The number of aliphatic carboxylic acids is 1. The summed E-state index contributed by atoms with van der Waals surface area (Å²) in [4.78, 5) is 22.9. The van der Waals surface area contributed by atoms with Gasteiger partial charge in [0.1, 0.15) is 6.04 Å². The predicted molar refractivity (Wildman–Crippen MR) is 79.1 cm³/mol. The van der Waals surface area contributed by atoms with Crippen LogP contribution in [0.1, 0.15) is 30.0 Å². The van der Waals surface area contributed by atoms with Crippen molar-refractivity contribution in [1.29, 1.82) is 0 Å². The van der Waals surface area contributed by atoms with Crippen LogP contribution in [0.25, 0.3) is 0 Å². The van der Waals surface area contributed by atoms with E-state index in [1.54, 1.807) is 0 Å². The van der Waals surface area contributed by atoms with Gasteiger partial charge in [-0.25, -0.2) is 4.79 Å². The number of carboxylic acid groups (broad SMARTS) is 1. The van der Waals surface area contributed by atoms with Gasteiger partial charge < -0.3 is 10.4 Å². The summed E-state index contributed by atoms with van der Waals surface area (Å²) in [5, 5.41) is 11.0. The lowest BCUT2D eigenvalue weighted by Crippen LogP contribution is -2.41. The first-order chi connectivity index (χ1) is 11.7. The highest BCUT2D eigenvalue weighted by Crippen LogP contribution is 2.36. The first-order valence-electron chi connectivity index (χ1n) is 7.15. The van der Waals surface area contributed by atoms with Gasteiger partial charge >= 0.3 is 18.3 Å². The maximum absolute atomic E-state index is 12.8. The quantitative estimate of drug-likeness (QED) is 0.580. The summed E-state index contributed by atoms with van der Waals surface area (Å²) in [5.41, 5.74) is -3.21. The van der Waals surface area contributed by atoms with Gasteiger partial charge in [0.2, 0.25) is 5.91 Å². The SMILES string of the molecule is C=C(C)C[C@@H](NC(=O)Cc1cc(C(F)(F)F)cc(C(F)(F)F)c1)C(=O)O. The molecule has 0 bridgehead atoms. The minimum Gasteiger partial charge on any atom is -0.480 e. The molecule has 0 saturated carbocycles. The van der Waals surface area contributed by atoms with Gasteiger partial charge in [-0.1, -0.05) is 5.57 Å². The number of nitrogens with one attached hydrogen (secondary N) is 1. The van der Waals surface area contributed by atoms with Crippen LogP contribution in [-0.4, -0.2) is 23.0 Å². The predicted octanol–water partition coefficient (Wildman–Crippen LogP) is 3.80. The zero-order chi connectivity index (χ0) is 20.3. The number of amides is 1. The van der Waals surface area contributed by atoms with Crippen LogP contribution in [0.3, 0.4) is 0 Å². The molecule has 1 aromatic carbocycles. The molecular weight excluding hydrogens is 368 g/mol. The van der Waals surface area contributed by atoms with Crippen molar-refractivity contribution in [2.75, 3.05) is 0 Å². The second-order valence-electron chi connectivity index (χ2n) is 5.71. The number of benzene rings is 1. The standard InChI is InChI=1S/C16H15F6NO3/c1-8(2)3-12(14(25)26)23-13(24)6-9-4-10(15(17,18)19)7-11(5-9)16(20,21)22/h4-5,7,12H,1,3,6H2,2H3,(H,23,24)(H,25,26)/t12-/m1/s1. The highest BCUT2D eigenvalue weighted by Gasteiger charge is 2.37. The minimum atomic E-state index is -5.03. The second-order valence-corrected chi connectivity index (χ2v) is 5.71. The molecular formula is C16H15F6NO3. The van der Waals surface area contributed by atoms with Gasteiger partial charge in [0.05, 0.1) is 17.5 Å². The fourth-order valence-corrected chi connectivity index (χ4v) is 2.10. The number of rotatable bonds is 6. The molecule has 0 aliphatic carbocycles. The van der Waals surface area contributed by atoms with Crippen molar-refractivity contribution in [3.8, 4) is 0 Å². The van der Waals surface area contributed by atoms with Crippen molar-refractivity contribution in [3.05, 3.63) is 47.0 Å².